The standard InChI is InChI=1S/C48H59N5O4/c1-4-5-6-7-8-9-10-11-12-13-29-49-48(55)47-41-16-14-15-40(33-41)39-21-27-45(28-22-39)57-35-42-34-52(51-50-42)30-31-56-44-25-17-37(18-26-44)32-46(54)53(47)43-23-19-38(20-24-43)36(2)3/h14-28,33-34,36,47H,4-13,29-32,35H2,1-3H3,(H,49,55). The second-order valence-corrected chi connectivity index (χ2v) is 15.5. The minimum atomic E-state index is -0.898. The second-order valence-electron chi connectivity index (χ2n) is 15.5. The molecule has 57 heavy (non-hydrogen) atoms. The maximum absolute atomic E-state index is 14.7. The van der Waals surface area contributed by atoms with Crippen LogP contribution in [0.15, 0.2) is 103 Å². The van der Waals surface area contributed by atoms with Gasteiger partial charge < -0.3 is 14.8 Å². The Morgan fingerprint density at radius 3 is 2.16 bits per heavy atom. The molecule has 1 N–H and O–H groups in total. The molecule has 1 unspecified atom stereocenters. The fraction of sp³-hybridized carbons (Fsp3) is 0.417. The third kappa shape index (κ3) is 12.0. The molecule has 0 aliphatic carbocycles. The molecule has 0 saturated heterocycles. The van der Waals surface area contributed by atoms with Gasteiger partial charge in [0, 0.05) is 12.2 Å². The Kier molecular flexibility index (Phi) is 15.3. The van der Waals surface area contributed by atoms with E-state index in [1.165, 1.54) is 44.9 Å². The summed E-state index contributed by atoms with van der Waals surface area (Å²) in [4.78, 5) is 31.0. The number of nitrogens with zero attached hydrogens (tertiary/aromatic N) is 4. The Labute approximate surface area is 338 Å². The highest BCUT2D eigenvalue weighted by Gasteiger charge is 2.33. The number of rotatable bonds is 14. The molecule has 9 nitrogen and oxygen atoms in total. The number of carbonyl (C=O) groups excluding carboxylic acids is 2. The number of aromatic nitrogens is 3. The fourth-order valence-electron chi connectivity index (χ4n) is 7.32. The SMILES string of the molecule is CCCCCCCCCCCCNC(=O)C1c2cccc(c2)-c2ccc(cc2)OCc2cn(nn2)CCOc2ccc(cc2)CC(=O)N1c1ccc(C(C)C)cc1. The Balaban J connectivity index is 1.29. The number of nitrogens with one attached hydrogen (secondary N) is 1. The highest BCUT2D eigenvalue weighted by atomic mass is 16.5. The summed E-state index contributed by atoms with van der Waals surface area (Å²) >= 11 is 0. The fourth-order valence-corrected chi connectivity index (χ4v) is 7.32. The summed E-state index contributed by atoms with van der Waals surface area (Å²) in [7, 11) is 0. The first kappa shape index (κ1) is 41.2. The number of anilines is 1. The lowest BCUT2D eigenvalue weighted by Crippen LogP contribution is -2.45. The van der Waals surface area contributed by atoms with Gasteiger partial charge in [0.25, 0.3) is 0 Å². The van der Waals surface area contributed by atoms with E-state index in [2.05, 4.69) is 48.5 Å². The van der Waals surface area contributed by atoms with Gasteiger partial charge in [0.1, 0.15) is 36.4 Å². The van der Waals surface area contributed by atoms with E-state index >= 15 is 0 Å². The number of carbonyl (C=O) groups is 2. The number of unbranched alkanes of at least 4 members (excludes halogenated alkanes) is 9. The van der Waals surface area contributed by atoms with Gasteiger partial charge in [-0.05, 0) is 82.6 Å². The summed E-state index contributed by atoms with van der Waals surface area (Å²) < 4.78 is 13.8. The number of hydrogen-bond donors (Lipinski definition) is 1. The summed E-state index contributed by atoms with van der Waals surface area (Å²) in [6, 6.07) is 30.6. The largest absolute Gasteiger partial charge is 0.492 e. The zero-order valence-electron chi connectivity index (χ0n) is 34.0. The Morgan fingerprint density at radius 1 is 0.789 bits per heavy atom. The predicted molar refractivity (Wildman–Crippen MR) is 227 cm³/mol. The molecular weight excluding hydrogens is 711 g/mol. The molecule has 5 heterocycles. The van der Waals surface area contributed by atoms with Gasteiger partial charge in [0.2, 0.25) is 11.8 Å². The molecule has 1 aromatic heterocycles. The summed E-state index contributed by atoms with van der Waals surface area (Å²) in [5.74, 6) is 1.36. The van der Waals surface area contributed by atoms with Gasteiger partial charge in [0.15, 0.2) is 0 Å². The highest BCUT2D eigenvalue weighted by molar-refractivity contribution is 6.02. The molecule has 8 bridgehead atoms. The third-order valence-corrected chi connectivity index (χ3v) is 10.7. The van der Waals surface area contributed by atoms with Gasteiger partial charge in [-0.2, -0.15) is 0 Å². The van der Waals surface area contributed by atoms with E-state index in [4.69, 9.17) is 9.47 Å². The van der Waals surface area contributed by atoms with Crippen LogP contribution in [0, 0.1) is 0 Å². The van der Waals surface area contributed by atoms with E-state index in [1.807, 2.05) is 91.1 Å². The van der Waals surface area contributed by atoms with Crippen molar-refractivity contribution in [3.8, 4) is 22.6 Å². The van der Waals surface area contributed by atoms with Crippen molar-refractivity contribution in [3.63, 3.8) is 0 Å². The van der Waals surface area contributed by atoms with Crippen LogP contribution in [0.25, 0.3) is 11.1 Å². The van der Waals surface area contributed by atoms with Gasteiger partial charge in [-0.3, -0.25) is 14.5 Å². The van der Waals surface area contributed by atoms with Crippen LogP contribution in [-0.2, 0) is 29.2 Å². The van der Waals surface area contributed by atoms with E-state index in [0.29, 0.717) is 42.8 Å². The Hall–Kier alpha value is -5.44. The van der Waals surface area contributed by atoms with Crippen LogP contribution in [-0.4, -0.2) is 40.0 Å². The lowest BCUT2D eigenvalue weighted by molar-refractivity contribution is -0.126. The monoisotopic (exact) mass is 769 g/mol. The molecule has 0 radical (unpaired) electrons. The highest BCUT2D eigenvalue weighted by Crippen LogP contribution is 2.33. The maximum Gasteiger partial charge on any atom is 0.247 e. The first-order valence-corrected chi connectivity index (χ1v) is 21.0. The average Bonchev–Trinajstić information content (AvgIpc) is 3.69. The van der Waals surface area contributed by atoms with Crippen molar-refractivity contribution in [1.82, 2.24) is 20.3 Å². The summed E-state index contributed by atoms with van der Waals surface area (Å²) in [6.07, 6.45) is 14.2. The van der Waals surface area contributed by atoms with Crippen molar-refractivity contribution in [2.24, 2.45) is 0 Å². The maximum atomic E-state index is 14.7. The molecule has 5 aromatic rings. The zero-order chi connectivity index (χ0) is 39.8. The van der Waals surface area contributed by atoms with Gasteiger partial charge in [0.05, 0.1) is 19.2 Å². The number of hydrogen-bond acceptors (Lipinski definition) is 6. The molecule has 0 fully saturated rings. The van der Waals surface area contributed by atoms with Crippen molar-refractivity contribution >= 4 is 17.5 Å². The minimum Gasteiger partial charge on any atom is -0.492 e. The van der Waals surface area contributed by atoms with Crippen molar-refractivity contribution in [3.05, 3.63) is 126 Å². The summed E-state index contributed by atoms with van der Waals surface area (Å²) in [5.41, 5.74) is 6.03. The first-order valence-electron chi connectivity index (χ1n) is 21.0. The summed E-state index contributed by atoms with van der Waals surface area (Å²) in [6.45, 7) is 8.32. The van der Waals surface area contributed by atoms with Crippen molar-refractivity contribution in [1.29, 1.82) is 0 Å². The first-order chi connectivity index (χ1) is 27.9. The van der Waals surface area contributed by atoms with Crippen LogP contribution in [0.4, 0.5) is 5.69 Å². The van der Waals surface area contributed by atoms with Crippen LogP contribution in [0.3, 0.4) is 0 Å². The van der Waals surface area contributed by atoms with Crippen LogP contribution < -0.4 is 19.7 Å². The lowest BCUT2D eigenvalue weighted by Gasteiger charge is -2.32. The Morgan fingerprint density at radius 2 is 1.46 bits per heavy atom. The predicted octanol–water partition coefficient (Wildman–Crippen LogP) is 10.4. The normalized spacial score (nSPS) is 14.7. The molecule has 2 amide bonds. The molecule has 300 valence electrons. The van der Waals surface area contributed by atoms with Crippen molar-refractivity contribution in [2.75, 3.05) is 18.1 Å². The van der Waals surface area contributed by atoms with Crippen molar-refractivity contribution < 1.29 is 19.1 Å². The zero-order valence-corrected chi connectivity index (χ0v) is 34.0. The molecule has 0 spiro atoms. The van der Waals surface area contributed by atoms with Crippen LogP contribution >= 0.6 is 0 Å². The second kappa shape index (κ2) is 21.2. The van der Waals surface area contributed by atoms with Crippen molar-refractivity contribution in [2.45, 2.75) is 117 Å². The van der Waals surface area contributed by atoms with Gasteiger partial charge in [-0.25, -0.2) is 4.68 Å². The van der Waals surface area contributed by atoms with E-state index < -0.39 is 6.04 Å². The number of amides is 2. The molecule has 0 saturated carbocycles. The van der Waals surface area contributed by atoms with Gasteiger partial charge >= 0.3 is 0 Å². The molecule has 4 aliphatic rings. The molecule has 4 aliphatic heterocycles. The smallest absolute Gasteiger partial charge is 0.247 e. The average molecular weight is 770 g/mol. The molecule has 9 heteroatoms. The van der Waals surface area contributed by atoms with Crippen LogP contribution in [0.2, 0.25) is 0 Å². The molecule has 4 aromatic carbocycles. The topological polar surface area (TPSA) is 98.6 Å². The minimum absolute atomic E-state index is 0.108. The third-order valence-electron chi connectivity index (χ3n) is 10.7. The quantitative estimate of drug-likeness (QED) is 0.113. The van der Waals surface area contributed by atoms with Gasteiger partial charge in [-0.1, -0.05) is 138 Å². The number of ether oxygens (including phenoxy) is 2. The summed E-state index contributed by atoms with van der Waals surface area (Å²) in [5, 5.41) is 11.7. The van der Waals surface area contributed by atoms with E-state index in [0.717, 1.165) is 52.8 Å². The van der Waals surface area contributed by atoms with E-state index in [9.17, 15) is 9.59 Å². The Bertz CT molecular complexity index is 1990. The van der Waals surface area contributed by atoms with Crippen LogP contribution in [0.1, 0.15) is 119 Å². The molecule has 9 rings (SSSR count). The number of benzene rings is 4. The van der Waals surface area contributed by atoms with E-state index in [-0.39, 0.29) is 24.8 Å². The molecule has 1 atom stereocenters. The lowest BCUT2D eigenvalue weighted by atomic mass is 9.96. The molecular formula is C48H59N5O4. The van der Waals surface area contributed by atoms with Gasteiger partial charge in [-0.15, -0.1) is 5.10 Å². The van der Waals surface area contributed by atoms with E-state index in [1.54, 1.807) is 9.58 Å². The van der Waals surface area contributed by atoms with Crippen LogP contribution in [0.5, 0.6) is 11.5 Å².